The normalized spacial score (nSPS) is 16.2. The summed E-state index contributed by atoms with van der Waals surface area (Å²) in [5.41, 5.74) is 5.30. The number of aryl methyl sites for hydroxylation is 2. The first-order valence-electron chi connectivity index (χ1n) is 15.2. The molecule has 0 saturated carbocycles. The van der Waals surface area contributed by atoms with Gasteiger partial charge in [-0.1, -0.05) is 12.6 Å². The van der Waals surface area contributed by atoms with E-state index in [4.69, 9.17) is 19.8 Å². The van der Waals surface area contributed by atoms with Gasteiger partial charge in [0.2, 0.25) is 5.91 Å². The van der Waals surface area contributed by atoms with Crippen LogP contribution in [-0.2, 0) is 11.8 Å². The molecule has 0 bridgehead atoms. The van der Waals surface area contributed by atoms with Crippen LogP contribution in [0.2, 0.25) is 0 Å². The van der Waals surface area contributed by atoms with Crippen molar-refractivity contribution in [1.29, 1.82) is 0 Å². The molecule has 5 heterocycles. The number of aliphatic hydroxyl groups is 1. The zero-order chi connectivity index (χ0) is 33.1. The van der Waals surface area contributed by atoms with Crippen molar-refractivity contribution in [3.05, 3.63) is 83.7 Å². The minimum Gasteiger partial charge on any atom is -0.490 e. The van der Waals surface area contributed by atoms with Gasteiger partial charge in [0.1, 0.15) is 41.2 Å². The third-order valence-corrected chi connectivity index (χ3v) is 9.77. The van der Waals surface area contributed by atoms with E-state index < -0.39 is 11.6 Å². The Balaban J connectivity index is 1.53. The van der Waals surface area contributed by atoms with Gasteiger partial charge in [-0.25, -0.2) is 18.7 Å². The third kappa shape index (κ3) is 4.99. The number of imidazole rings is 1. The Morgan fingerprint density at radius 2 is 1.94 bits per heavy atom. The van der Waals surface area contributed by atoms with Crippen molar-refractivity contribution < 1.29 is 23.4 Å². The fraction of sp³-hybridized carbons (Fsp3) is 0.257. The molecule has 12 heteroatoms. The molecule has 6 aromatic rings. The number of nitrogens with zero attached hydrogens (tertiary/aromatic N) is 6. The average molecular weight is 655 g/mol. The molecular formula is C35H32F2N6O3S. The molecule has 47 heavy (non-hydrogen) atoms. The highest BCUT2D eigenvalue weighted by atomic mass is 32.1. The molecular weight excluding hydrogens is 622 g/mol. The molecule has 4 aromatic heterocycles. The molecule has 240 valence electrons. The number of thiophene rings is 1. The number of hydrogen-bond donors (Lipinski definition) is 1. The van der Waals surface area contributed by atoms with Gasteiger partial charge in [-0.15, -0.1) is 11.3 Å². The summed E-state index contributed by atoms with van der Waals surface area (Å²) in [6.07, 6.45) is 1.30. The van der Waals surface area contributed by atoms with Gasteiger partial charge in [-0.05, 0) is 56.5 Å². The highest BCUT2D eigenvalue weighted by Gasteiger charge is 2.34. The molecule has 0 spiro atoms. The number of pyridine rings is 1. The molecule has 9 nitrogen and oxygen atoms in total. The van der Waals surface area contributed by atoms with Crippen LogP contribution in [0.15, 0.2) is 60.5 Å². The number of halogens is 2. The maximum atomic E-state index is 16.0. The predicted molar refractivity (Wildman–Crippen MR) is 178 cm³/mol. The van der Waals surface area contributed by atoms with Crippen molar-refractivity contribution in [3.8, 4) is 39.5 Å². The van der Waals surface area contributed by atoms with Crippen molar-refractivity contribution in [2.24, 2.45) is 7.05 Å². The summed E-state index contributed by atoms with van der Waals surface area (Å²) in [5, 5.41) is 17.2. The topological polar surface area (TPSA) is 98.3 Å². The lowest BCUT2D eigenvalue weighted by Gasteiger charge is -2.36. The fourth-order valence-electron chi connectivity index (χ4n) is 6.46. The van der Waals surface area contributed by atoms with Gasteiger partial charge < -0.3 is 19.3 Å². The molecule has 0 aliphatic carbocycles. The smallest absolute Gasteiger partial charge is 0.246 e. The lowest BCUT2D eigenvalue weighted by Crippen LogP contribution is -2.42. The molecule has 0 radical (unpaired) electrons. The Kier molecular flexibility index (Phi) is 7.64. The number of aromatic nitrogens is 5. The summed E-state index contributed by atoms with van der Waals surface area (Å²) < 4.78 is 40.9. The van der Waals surface area contributed by atoms with Gasteiger partial charge in [-0.2, -0.15) is 5.10 Å². The second kappa shape index (κ2) is 11.7. The number of fused-ring (bicyclic) bond motifs is 3. The largest absolute Gasteiger partial charge is 0.490 e. The van der Waals surface area contributed by atoms with Crippen LogP contribution >= 0.6 is 11.3 Å². The van der Waals surface area contributed by atoms with Crippen molar-refractivity contribution in [2.75, 3.05) is 19.8 Å². The van der Waals surface area contributed by atoms with E-state index in [1.165, 1.54) is 17.4 Å². The van der Waals surface area contributed by atoms with E-state index in [9.17, 15) is 14.3 Å². The summed E-state index contributed by atoms with van der Waals surface area (Å²) >= 11 is 1.40. The molecule has 1 amide bonds. The van der Waals surface area contributed by atoms with E-state index in [2.05, 4.69) is 6.58 Å². The van der Waals surface area contributed by atoms with Crippen LogP contribution in [0.5, 0.6) is 5.75 Å². The first kappa shape index (κ1) is 30.7. The van der Waals surface area contributed by atoms with Crippen molar-refractivity contribution in [3.63, 3.8) is 0 Å². The highest BCUT2D eigenvalue weighted by Crippen LogP contribution is 2.48. The van der Waals surface area contributed by atoms with E-state index in [1.807, 2.05) is 72.8 Å². The van der Waals surface area contributed by atoms with Crippen LogP contribution < -0.4 is 4.74 Å². The molecule has 1 aliphatic heterocycles. The van der Waals surface area contributed by atoms with Gasteiger partial charge in [0.25, 0.3) is 0 Å². The summed E-state index contributed by atoms with van der Waals surface area (Å²) in [4.78, 5) is 24.4. The van der Waals surface area contributed by atoms with Crippen LogP contribution in [-0.4, -0.2) is 60.0 Å². The van der Waals surface area contributed by atoms with Gasteiger partial charge in [0.15, 0.2) is 0 Å². The maximum Gasteiger partial charge on any atom is 0.246 e. The molecule has 7 rings (SSSR count). The second-order valence-corrected chi connectivity index (χ2v) is 12.6. The van der Waals surface area contributed by atoms with Gasteiger partial charge in [0.05, 0.1) is 46.7 Å². The number of ether oxygens (including phenoxy) is 1. The maximum absolute atomic E-state index is 16.0. The van der Waals surface area contributed by atoms with Crippen molar-refractivity contribution >= 4 is 38.4 Å². The average Bonchev–Trinajstić information content (AvgIpc) is 3.79. The lowest BCUT2D eigenvalue weighted by molar-refractivity contribution is -0.129. The summed E-state index contributed by atoms with van der Waals surface area (Å²) in [7, 11) is 1.96. The predicted octanol–water partition coefficient (Wildman–Crippen LogP) is 6.99. The Hall–Kier alpha value is -4.94. The summed E-state index contributed by atoms with van der Waals surface area (Å²) in [6, 6.07) is 11.2. The molecule has 0 unspecified atom stereocenters. The van der Waals surface area contributed by atoms with E-state index in [0.717, 1.165) is 45.6 Å². The minimum atomic E-state index is -0.831. The van der Waals surface area contributed by atoms with Crippen LogP contribution in [0.3, 0.4) is 0 Å². The number of carbonyl (C=O) groups excluding carboxylic acids is 1. The van der Waals surface area contributed by atoms with Crippen LogP contribution in [0.4, 0.5) is 8.78 Å². The molecule has 0 saturated heterocycles. The minimum absolute atomic E-state index is 0.0210. The number of benzene rings is 2. The number of aliphatic hydroxyl groups excluding tert-OH is 1. The number of rotatable bonds is 7. The van der Waals surface area contributed by atoms with Crippen LogP contribution in [0, 0.1) is 18.6 Å². The van der Waals surface area contributed by atoms with Gasteiger partial charge in [-0.3, -0.25) is 9.48 Å². The highest BCUT2D eigenvalue weighted by molar-refractivity contribution is 7.18. The van der Waals surface area contributed by atoms with Crippen LogP contribution in [0.25, 0.3) is 54.9 Å². The number of carbonyl (C=O) groups is 1. The van der Waals surface area contributed by atoms with Gasteiger partial charge in [0, 0.05) is 46.9 Å². The summed E-state index contributed by atoms with van der Waals surface area (Å²) in [5.74, 6) is -1.000. The zero-order valence-electron chi connectivity index (χ0n) is 26.3. The number of hydrogen-bond acceptors (Lipinski definition) is 7. The molecule has 2 aromatic carbocycles. The monoisotopic (exact) mass is 654 g/mol. The van der Waals surface area contributed by atoms with Gasteiger partial charge >= 0.3 is 0 Å². The zero-order valence-corrected chi connectivity index (χ0v) is 27.1. The second-order valence-electron chi connectivity index (χ2n) is 11.7. The van der Waals surface area contributed by atoms with Crippen LogP contribution in [0.1, 0.15) is 37.4 Å². The summed E-state index contributed by atoms with van der Waals surface area (Å²) in [6.45, 7) is 9.45. The molecule has 0 fully saturated rings. The fourth-order valence-corrected chi connectivity index (χ4v) is 7.41. The first-order valence-corrected chi connectivity index (χ1v) is 16.1. The molecule has 2 atom stereocenters. The Bertz CT molecular complexity index is 2220. The SMILES string of the molecule is C=CC(=O)N1C[C@H](C)n2nc(-c3nc(-c4ccc5c(c4)nc(C)n5C)c4ccsc4c3-c3c(F)cc(F)cc3OCCO)cc2[C@H]1C. The van der Waals surface area contributed by atoms with E-state index in [1.54, 1.807) is 4.90 Å². The van der Waals surface area contributed by atoms with E-state index >= 15 is 4.39 Å². The van der Waals surface area contributed by atoms with E-state index in [0.29, 0.717) is 33.9 Å². The van der Waals surface area contributed by atoms with E-state index in [-0.39, 0.29) is 42.5 Å². The Morgan fingerprint density at radius 3 is 2.70 bits per heavy atom. The molecule has 1 N–H and O–H groups in total. The quantitative estimate of drug-likeness (QED) is 0.187. The standard InChI is InChI=1S/C35H32F2N6O3S/c1-6-30(45)42-17-18(2)43-28(19(42)3)16-26(40-43)34-32(31-24(37)14-22(36)15-29(31)46-11-10-44)35-23(9-12-47-35)33(39-34)21-7-8-27-25(13-21)38-20(4)41(27)5/h6-9,12-16,18-19,44H,1,10-11,17H2,2-5H3/t18-,19+/m0/s1. The van der Waals surface area contributed by atoms with Crippen molar-refractivity contribution in [1.82, 2.24) is 29.2 Å². The molecule has 1 aliphatic rings. The Labute approximate surface area is 273 Å². The van der Waals surface area contributed by atoms with Crippen molar-refractivity contribution in [2.45, 2.75) is 32.9 Å². The first-order chi connectivity index (χ1) is 22.6. The Morgan fingerprint density at radius 1 is 1.13 bits per heavy atom. The lowest BCUT2D eigenvalue weighted by atomic mass is 9.96. The third-order valence-electron chi connectivity index (χ3n) is 8.84. The number of amides is 1.